The lowest BCUT2D eigenvalue weighted by atomic mass is 10.1. The quantitative estimate of drug-likeness (QED) is 0.309. The molecule has 0 saturated heterocycles. The summed E-state index contributed by atoms with van der Waals surface area (Å²) >= 11 is 13.2. The average molecular weight is 561 g/mol. The fourth-order valence-corrected chi connectivity index (χ4v) is 4.79. The molecule has 0 spiro atoms. The number of benzene rings is 3. The van der Waals surface area contributed by atoms with Gasteiger partial charge in [-0.2, -0.15) is 10.1 Å². The van der Waals surface area contributed by atoms with Gasteiger partial charge in [-0.25, -0.2) is 0 Å². The van der Waals surface area contributed by atoms with Gasteiger partial charge in [0.15, 0.2) is 0 Å². The van der Waals surface area contributed by atoms with Crippen LogP contribution in [-0.2, 0) is 11.4 Å². The first-order valence-corrected chi connectivity index (χ1v) is 11.4. The maximum atomic E-state index is 13.1. The number of anilines is 1. The summed E-state index contributed by atoms with van der Waals surface area (Å²) in [7, 11) is 0. The third-order valence-electron chi connectivity index (χ3n) is 4.67. The van der Waals surface area contributed by atoms with Crippen LogP contribution >= 0.6 is 43.5 Å². The fraction of sp³-hybridized carbons (Fsp3) is 0.0833. The molecule has 4 nitrogen and oxygen atoms in total. The molecule has 3 aromatic carbocycles. The Morgan fingerprint density at radius 3 is 2.58 bits per heavy atom. The molecule has 0 atom stereocenters. The highest BCUT2D eigenvalue weighted by atomic mass is 79.9. The largest absolute Gasteiger partial charge is 0.487 e. The molecule has 0 saturated carbocycles. The molecule has 1 heterocycles. The Morgan fingerprint density at radius 1 is 1.06 bits per heavy atom. The van der Waals surface area contributed by atoms with Crippen molar-refractivity contribution in [1.82, 2.24) is 0 Å². The highest BCUT2D eigenvalue weighted by molar-refractivity contribution is 9.11. The lowest BCUT2D eigenvalue weighted by Crippen LogP contribution is -2.21. The Balaban J connectivity index is 1.67. The van der Waals surface area contributed by atoms with Gasteiger partial charge >= 0.3 is 0 Å². The second-order valence-electron chi connectivity index (χ2n) is 6.92. The minimum absolute atomic E-state index is 0.180. The molecule has 0 aromatic heterocycles. The first-order chi connectivity index (χ1) is 14.9. The summed E-state index contributed by atoms with van der Waals surface area (Å²) in [6.45, 7) is 2.17. The maximum Gasteiger partial charge on any atom is 0.280 e. The van der Waals surface area contributed by atoms with Crippen LogP contribution in [0, 0.1) is 0 Å². The zero-order valence-corrected chi connectivity index (χ0v) is 20.4. The van der Waals surface area contributed by atoms with Crippen LogP contribution in [0.3, 0.4) is 0 Å². The lowest BCUT2D eigenvalue weighted by Gasteiger charge is -2.14. The molecule has 1 amide bonds. The van der Waals surface area contributed by atoms with E-state index in [4.69, 9.17) is 16.3 Å². The van der Waals surface area contributed by atoms with Crippen molar-refractivity contribution in [3.05, 3.63) is 97.4 Å². The van der Waals surface area contributed by atoms with Crippen LogP contribution < -0.4 is 9.75 Å². The standard InChI is InChI=1S/C24H17Br2ClN2O2/c1-15-21(24(30)29(28-15)20-8-3-2-4-9-20)12-17-11-18(25)13-22(26)23(17)31-14-16-6-5-7-19(27)10-16/h2-13H,14H2,1H3/b21-12+. The average Bonchev–Trinajstić information content (AvgIpc) is 3.02. The molecule has 3 aromatic rings. The normalized spacial score (nSPS) is 14.8. The van der Waals surface area contributed by atoms with Crippen molar-refractivity contribution in [3.63, 3.8) is 0 Å². The highest BCUT2D eigenvalue weighted by Crippen LogP contribution is 2.36. The van der Waals surface area contributed by atoms with Crippen LogP contribution in [0.25, 0.3) is 6.08 Å². The number of para-hydroxylation sites is 1. The zero-order valence-electron chi connectivity index (χ0n) is 16.5. The Hall–Kier alpha value is -2.41. The van der Waals surface area contributed by atoms with Gasteiger partial charge < -0.3 is 4.74 Å². The molecule has 0 fully saturated rings. The number of carbonyl (C=O) groups is 1. The van der Waals surface area contributed by atoms with E-state index in [1.807, 2.05) is 79.7 Å². The summed E-state index contributed by atoms with van der Waals surface area (Å²) in [6, 6.07) is 20.7. The van der Waals surface area contributed by atoms with Gasteiger partial charge in [0.25, 0.3) is 5.91 Å². The van der Waals surface area contributed by atoms with Crippen molar-refractivity contribution < 1.29 is 9.53 Å². The van der Waals surface area contributed by atoms with Gasteiger partial charge in [-0.1, -0.05) is 57.9 Å². The minimum atomic E-state index is -0.180. The number of rotatable bonds is 5. The number of amides is 1. The van der Waals surface area contributed by atoms with Crippen molar-refractivity contribution in [2.24, 2.45) is 5.10 Å². The monoisotopic (exact) mass is 558 g/mol. The molecule has 156 valence electrons. The van der Waals surface area contributed by atoms with E-state index < -0.39 is 0 Å². The number of ether oxygens (including phenoxy) is 1. The second kappa shape index (κ2) is 9.39. The van der Waals surface area contributed by atoms with Crippen LogP contribution in [-0.4, -0.2) is 11.6 Å². The number of carbonyl (C=O) groups excluding carboxylic acids is 1. The van der Waals surface area contributed by atoms with Gasteiger partial charge in [0.2, 0.25) is 0 Å². The van der Waals surface area contributed by atoms with Gasteiger partial charge in [-0.05, 0) is 70.9 Å². The molecule has 1 aliphatic rings. The summed E-state index contributed by atoms with van der Waals surface area (Å²) in [5, 5.41) is 6.52. The van der Waals surface area contributed by atoms with Crippen molar-refractivity contribution >= 4 is 66.8 Å². The molecule has 7 heteroatoms. The second-order valence-corrected chi connectivity index (χ2v) is 9.13. The van der Waals surface area contributed by atoms with Gasteiger partial charge in [-0.3, -0.25) is 4.79 Å². The van der Waals surface area contributed by atoms with E-state index in [-0.39, 0.29) is 5.91 Å². The Bertz CT molecular complexity index is 1210. The first-order valence-electron chi connectivity index (χ1n) is 9.45. The van der Waals surface area contributed by atoms with Crippen molar-refractivity contribution in [2.75, 3.05) is 5.01 Å². The topological polar surface area (TPSA) is 41.9 Å². The molecule has 0 radical (unpaired) electrons. The van der Waals surface area contributed by atoms with E-state index in [1.54, 1.807) is 0 Å². The van der Waals surface area contributed by atoms with Gasteiger partial charge in [-0.15, -0.1) is 0 Å². The summed E-state index contributed by atoms with van der Waals surface area (Å²) in [4.78, 5) is 13.1. The zero-order chi connectivity index (χ0) is 22.0. The Kier molecular flexibility index (Phi) is 6.60. The van der Waals surface area contributed by atoms with E-state index in [1.165, 1.54) is 5.01 Å². The number of hydrazone groups is 1. The third kappa shape index (κ3) is 4.92. The summed E-state index contributed by atoms with van der Waals surface area (Å²) in [5.74, 6) is 0.454. The van der Waals surface area contributed by atoms with Crippen molar-refractivity contribution in [2.45, 2.75) is 13.5 Å². The van der Waals surface area contributed by atoms with E-state index in [0.717, 1.165) is 25.8 Å². The van der Waals surface area contributed by atoms with Crippen LogP contribution in [0.1, 0.15) is 18.1 Å². The first kappa shape index (κ1) is 21.8. The van der Waals surface area contributed by atoms with Crippen molar-refractivity contribution in [3.8, 4) is 5.75 Å². The van der Waals surface area contributed by atoms with E-state index in [9.17, 15) is 4.79 Å². The van der Waals surface area contributed by atoms with Crippen molar-refractivity contribution in [1.29, 1.82) is 0 Å². The predicted octanol–water partition coefficient (Wildman–Crippen LogP) is 7.25. The number of hydrogen-bond donors (Lipinski definition) is 0. The molecule has 31 heavy (non-hydrogen) atoms. The molecule has 0 aliphatic carbocycles. The van der Waals surface area contributed by atoms with Crippen LogP contribution in [0.5, 0.6) is 5.75 Å². The highest BCUT2D eigenvalue weighted by Gasteiger charge is 2.29. The molecule has 4 rings (SSSR count). The smallest absolute Gasteiger partial charge is 0.280 e. The summed E-state index contributed by atoms with van der Waals surface area (Å²) < 4.78 is 7.76. The number of hydrogen-bond acceptors (Lipinski definition) is 3. The third-order valence-corrected chi connectivity index (χ3v) is 5.95. The number of nitrogens with zero attached hydrogens (tertiary/aromatic N) is 2. The molecule has 1 aliphatic heterocycles. The number of halogens is 3. The SMILES string of the molecule is CC1=NN(c2ccccc2)C(=O)/C1=C/c1cc(Br)cc(Br)c1OCc1cccc(Cl)c1. The Labute approximate surface area is 202 Å². The van der Waals surface area contributed by atoms with Gasteiger partial charge in [0.1, 0.15) is 12.4 Å². The van der Waals surface area contributed by atoms with Crippen LogP contribution in [0.15, 0.2) is 86.3 Å². The van der Waals surface area contributed by atoms with E-state index >= 15 is 0 Å². The fourth-order valence-electron chi connectivity index (χ4n) is 3.21. The van der Waals surface area contributed by atoms with Gasteiger partial charge in [0.05, 0.1) is 21.4 Å². The molecular formula is C24H17Br2ClN2O2. The molecule has 0 N–H and O–H groups in total. The molecule has 0 bridgehead atoms. The minimum Gasteiger partial charge on any atom is -0.487 e. The van der Waals surface area contributed by atoms with E-state index in [2.05, 4.69) is 37.0 Å². The van der Waals surface area contributed by atoms with Crippen LogP contribution in [0.2, 0.25) is 5.02 Å². The predicted molar refractivity (Wildman–Crippen MR) is 133 cm³/mol. The molecule has 0 unspecified atom stereocenters. The summed E-state index contributed by atoms with van der Waals surface area (Å²) in [6.07, 6.45) is 1.81. The maximum absolute atomic E-state index is 13.1. The van der Waals surface area contributed by atoms with Gasteiger partial charge in [0, 0.05) is 15.1 Å². The lowest BCUT2D eigenvalue weighted by molar-refractivity contribution is -0.114. The molecular weight excluding hydrogens is 544 g/mol. The Morgan fingerprint density at radius 2 is 1.84 bits per heavy atom. The van der Waals surface area contributed by atoms with E-state index in [0.29, 0.717) is 28.7 Å². The van der Waals surface area contributed by atoms with Crippen LogP contribution in [0.4, 0.5) is 5.69 Å². The summed E-state index contributed by atoms with van der Waals surface area (Å²) in [5.41, 5.74) is 3.59.